The lowest BCUT2D eigenvalue weighted by atomic mass is 10.4. The Morgan fingerprint density at radius 3 is 2.72 bits per heavy atom. The molecule has 0 spiro atoms. The average molecular weight is 305 g/mol. The molecule has 4 nitrogen and oxygen atoms in total. The van der Waals surface area contributed by atoms with Crippen molar-refractivity contribution in [3.63, 3.8) is 0 Å². The Bertz CT molecular complexity index is 680. The maximum atomic E-state index is 12.4. The number of aromatic nitrogens is 2. The highest BCUT2D eigenvalue weighted by Gasteiger charge is 2.22. The van der Waals surface area contributed by atoms with E-state index in [9.17, 15) is 8.42 Å². The highest BCUT2D eigenvalue weighted by Crippen LogP contribution is 2.27. The lowest BCUT2D eigenvalue weighted by Gasteiger charge is -2.10. The molecule has 2 aromatic rings. The molecule has 96 valence electrons. The van der Waals surface area contributed by atoms with Gasteiger partial charge in [-0.3, -0.25) is 0 Å². The standard InChI is InChI=1S/C11H10Cl2N2O2S/c1-2-11-14-5-6-15(11)18(16,17)10-7-8(12)3-4-9(10)13/h3-7H,2H2,1H3. The van der Waals surface area contributed by atoms with Gasteiger partial charge in [0.2, 0.25) is 0 Å². The molecule has 0 bridgehead atoms. The van der Waals surface area contributed by atoms with Crippen LogP contribution in [0.5, 0.6) is 0 Å². The lowest BCUT2D eigenvalue weighted by Crippen LogP contribution is -2.15. The van der Waals surface area contributed by atoms with Gasteiger partial charge in [-0.05, 0) is 18.2 Å². The van der Waals surface area contributed by atoms with Gasteiger partial charge < -0.3 is 0 Å². The monoisotopic (exact) mass is 304 g/mol. The lowest BCUT2D eigenvalue weighted by molar-refractivity contribution is 0.584. The fourth-order valence-electron chi connectivity index (χ4n) is 1.57. The number of imidazole rings is 1. The molecular weight excluding hydrogens is 295 g/mol. The molecule has 0 atom stereocenters. The summed E-state index contributed by atoms with van der Waals surface area (Å²) < 4.78 is 26.0. The molecular formula is C11H10Cl2N2O2S. The average Bonchev–Trinajstić information content (AvgIpc) is 2.81. The van der Waals surface area contributed by atoms with Crippen molar-refractivity contribution in [1.29, 1.82) is 0 Å². The van der Waals surface area contributed by atoms with Gasteiger partial charge in [0.15, 0.2) is 0 Å². The van der Waals surface area contributed by atoms with Crippen LogP contribution in [0.2, 0.25) is 10.0 Å². The van der Waals surface area contributed by atoms with Gasteiger partial charge in [0.05, 0.1) is 5.02 Å². The number of benzene rings is 1. The molecule has 0 fully saturated rings. The molecule has 0 aliphatic rings. The van der Waals surface area contributed by atoms with Crippen LogP contribution in [0.3, 0.4) is 0 Å². The second kappa shape index (κ2) is 4.91. The van der Waals surface area contributed by atoms with Gasteiger partial charge >= 0.3 is 0 Å². The van der Waals surface area contributed by atoms with E-state index in [0.717, 1.165) is 3.97 Å². The van der Waals surface area contributed by atoms with E-state index in [-0.39, 0.29) is 9.92 Å². The summed E-state index contributed by atoms with van der Waals surface area (Å²) in [5.74, 6) is 0.450. The Morgan fingerprint density at radius 1 is 1.33 bits per heavy atom. The zero-order valence-electron chi connectivity index (χ0n) is 9.47. The van der Waals surface area contributed by atoms with Crippen molar-refractivity contribution < 1.29 is 8.42 Å². The van der Waals surface area contributed by atoms with Crippen LogP contribution in [0.1, 0.15) is 12.7 Å². The van der Waals surface area contributed by atoms with Gasteiger partial charge in [0, 0.05) is 23.8 Å². The summed E-state index contributed by atoms with van der Waals surface area (Å²) in [5, 5.41) is 0.450. The SMILES string of the molecule is CCc1nccn1S(=O)(=O)c1cc(Cl)ccc1Cl. The van der Waals surface area contributed by atoms with Gasteiger partial charge in [0.25, 0.3) is 10.0 Å². The van der Waals surface area contributed by atoms with E-state index < -0.39 is 10.0 Å². The minimum atomic E-state index is -3.75. The maximum absolute atomic E-state index is 12.4. The minimum absolute atomic E-state index is 0.0237. The Labute approximate surface area is 115 Å². The highest BCUT2D eigenvalue weighted by molar-refractivity contribution is 7.90. The predicted molar refractivity (Wildman–Crippen MR) is 70.7 cm³/mol. The quantitative estimate of drug-likeness (QED) is 0.876. The first kappa shape index (κ1) is 13.4. The van der Waals surface area contributed by atoms with E-state index in [1.807, 2.05) is 6.92 Å². The third kappa shape index (κ3) is 2.25. The molecule has 0 amide bonds. The number of aryl methyl sites for hydroxylation is 1. The van der Waals surface area contributed by atoms with Gasteiger partial charge in [-0.15, -0.1) is 0 Å². The van der Waals surface area contributed by atoms with E-state index in [1.165, 1.54) is 30.6 Å². The van der Waals surface area contributed by atoms with Crippen molar-refractivity contribution in [2.45, 2.75) is 18.2 Å². The molecule has 0 radical (unpaired) electrons. The van der Waals surface area contributed by atoms with Crippen LogP contribution in [0, 0.1) is 0 Å². The summed E-state index contributed by atoms with van der Waals surface area (Å²) in [5.41, 5.74) is 0. The van der Waals surface area contributed by atoms with Crippen molar-refractivity contribution in [2.24, 2.45) is 0 Å². The maximum Gasteiger partial charge on any atom is 0.270 e. The summed E-state index contributed by atoms with van der Waals surface area (Å²) in [7, 11) is -3.75. The zero-order chi connectivity index (χ0) is 13.3. The van der Waals surface area contributed by atoms with Crippen molar-refractivity contribution in [2.75, 3.05) is 0 Å². The first-order valence-corrected chi connectivity index (χ1v) is 7.39. The molecule has 1 aromatic heterocycles. The fourth-order valence-corrected chi connectivity index (χ4v) is 3.69. The van der Waals surface area contributed by atoms with Crippen LogP contribution in [-0.4, -0.2) is 17.4 Å². The second-order valence-corrected chi connectivity index (χ2v) is 6.20. The number of hydrogen-bond acceptors (Lipinski definition) is 3. The Kier molecular flexibility index (Phi) is 3.66. The summed E-state index contributed by atoms with van der Waals surface area (Å²) in [6.07, 6.45) is 3.34. The number of hydrogen-bond donors (Lipinski definition) is 0. The summed E-state index contributed by atoms with van der Waals surface area (Å²) in [6, 6.07) is 4.33. The molecule has 1 aromatic carbocycles. The van der Waals surface area contributed by atoms with Crippen molar-refractivity contribution in [1.82, 2.24) is 8.96 Å². The van der Waals surface area contributed by atoms with Crippen LogP contribution in [0.25, 0.3) is 0 Å². The number of halogens is 2. The van der Waals surface area contributed by atoms with E-state index >= 15 is 0 Å². The number of nitrogens with zero attached hydrogens (tertiary/aromatic N) is 2. The number of rotatable bonds is 3. The molecule has 0 saturated heterocycles. The molecule has 0 aliphatic heterocycles. The van der Waals surface area contributed by atoms with E-state index in [2.05, 4.69) is 4.98 Å². The first-order valence-electron chi connectivity index (χ1n) is 5.19. The predicted octanol–water partition coefficient (Wildman–Crippen LogP) is 2.99. The van der Waals surface area contributed by atoms with Crippen LogP contribution in [0.15, 0.2) is 35.5 Å². The molecule has 0 aliphatic carbocycles. The third-order valence-electron chi connectivity index (χ3n) is 2.43. The highest BCUT2D eigenvalue weighted by atomic mass is 35.5. The van der Waals surface area contributed by atoms with Gasteiger partial charge in [0.1, 0.15) is 10.7 Å². The molecule has 0 N–H and O–H groups in total. The van der Waals surface area contributed by atoms with Gasteiger partial charge in [-0.2, -0.15) is 0 Å². The second-order valence-electron chi connectivity index (χ2n) is 3.57. The molecule has 1 heterocycles. The molecule has 0 unspecified atom stereocenters. The van der Waals surface area contributed by atoms with Crippen molar-refractivity contribution in [3.05, 3.63) is 46.5 Å². The van der Waals surface area contributed by atoms with E-state index in [0.29, 0.717) is 17.3 Å². The Hall–Kier alpha value is -1.04. The molecule has 2 rings (SSSR count). The van der Waals surface area contributed by atoms with Crippen LogP contribution in [0.4, 0.5) is 0 Å². The largest absolute Gasteiger partial charge is 0.270 e. The smallest absolute Gasteiger partial charge is 0.241 e. The van der Waals surface area contributed by atoms with Gasteiger partial charge in [-0.1, -0.05) is 30.1 Å². The molecule has 0 saturated carbocycles. The summed E-state index contributed by atoms with van der Waals surface area (Å²) in [6.45, 7) is 1.83. The van der Waals surface area contributed by atoms with E-state index in [4.69, 9.17) is 23.2 Å². The minimum Gasteiger partial charge on any atom is -0.241 e. The summed E-state index contributed by atoms with van der Waals surface area (Å²) in [4.78, 5) is 3.96. The normalized spacial score (nSPS) is 11.7. The zero-order valence-corrected chi connectivity index (χ0v) is 11.8. The van der Waals surface area contributed by atoms with Crippen molar-refractivity contribution >= 4 is 33.2 Å². The van der Waals surface area contributed by atoms with Crippen LogP contribution >= 0.6 is 23.2 Å². The van der Waals surface area contributed by atoms with Crippen molar-refractivity contribution in [3.8, 4) is 0 Å². The van der Waals surface area contributed by atoms with Crippen LogP contribution in [-0.2, 0) is 16.4 Å². The fraction of sp³-hybridized carbons (Fsp3) is 0.182. The third-order valence-corrected chi connectivity index (χ3v) is 4.85. The van der Waals surface area contributed by atoms with E-state index in [1.54, 1.807) is 0 Å². The summed E-state index contributed by atoms with van der Waals surface area (Å²) >= 11 is 11.7. The molecule has 7 heteroatoms. The van der Waals surface area contributed by atoms with Crippen LogP contribution < -0.4 is 0 Å². The van der Waals surface area contributed by atoms with Gasteiger partial charge in [-0.25, -0.2) is 17.4 Å². The Balaban J connectivity index is 2.65. The first-order chi connectivity index (χ1) is 8.46. The Morgan fingerprint density at radius 2 is 2.06 bits per heavy atom. The molecule has 18 heavy (non-hydrogen) atoms. The topological polar surface area (TPSA) is 52.0 Å².